The second kappa shape index (κ2) is 7.26. The fraction of sp³-hybridized carbons (Fsp3) is 0.938. The first-order chi connectivity index (χ1) is 9.20. The van der Waals surface area contributed by atoms with Gasteiger partial charge in [-0.1, -0.05) is 19.3 Å². The van der Waals surface area contributed by atoms with E-state index in [1.807, 2.05) is 0 Å². The summed E-state index contributed by atoms with van der Waals surface area (Å²) in [6.45, 7) is 8.15. The summed E-state index contributed by atoms with van der Waals surface area (Å²) in [7, 11) is 0. The molecule has 0 radical (unpaired) electrons. The molecular weight excluding hydrogens is 234 g/mol. The molecule has 1 aliphatic heterocycles. The van der Waals surface area contributed by atoms with E-state index < -0.39 is 0 Å². The van der Waals surface area contributed by atoms with E-state index in [1.165, 1.54) is 45.2 Å². The Hall–Kier alpha value is -0.590. The maximum absolute atomic E-state index is 9.30. The van der Waals surface area contributed by atoms with Crippen LogP contribution in [0.2, 0.25) is 0 Å². The zero-order valence-corrected chi connectivity index (χ0v) is 12.6. The van der Waals surface area contributed by atoms with E-state index in [4.69, 9.17) is 0 Å². The third-order valence-corrected chi connectivity index (χ3v) is 4.90. The molecule has 1 aliphatic carbocycles. The Morgan fingerprint density at radius 3 is 2.68 bits per heavy atom. The molecule has 108 valence electrons. The van der Waals surface area contributed by atoms with Crippen molar-refractivity contribution in [2.24, 2.45) is 11.8 Å². The fourth-order valence-corrected chi connectivity index (χ4v) is 3.52. The van der Waals surface area contributed by atoms with E-state index in [-0.39, 0.29) is 5.92 Å². The van der Waals surface area contributed by atoms with E-state index in [2.05, 4.69) is 30.1 Å². The second-order valence-corrected chi connectivity index (χ2v) is 6.63. The minimum absolute atomic E-state index is 0.241. The van der Waals surface area contributed by atoms with Gasteiger partial charge < -0.3 is 10.2 Å². The molecule has 2 aliphatic rings. The third-order valence-electron chi connectivity index (χ3n) is 4.90. The van der Waals surface area contributed by atoms with Gasteiger partial charge in [0.2, 0.25) is 0 Å². The van der Waals surface area contributed by atoms with Crippen molar-refractivity contribution in [3.05, 3.63) is 0 Å². The minimum Gasteiger partial charge on any atom is -0.312 e. The van der Waals surface area contributed by atoms with E-state index in [9.17, 15) is 5.26 Å². The largest absolute Gasteiger partial charge is 0.312 e. The van der Waals surface area contributed by atoms with Gasteiger partial charge in [-0.05, 0) is 52.1 Å². The molecule has 3 unspecified atom stereocenters. The van der Waals surface area contributed by atoms with Crippen molar-refractivity contribution in [2.45, 2.75) is 64.5 Å². The lowest BCUT2D eigenvalue weighted by Crippen LogP contribution is -2.39. The predicted molar refractivity (Wildman–Crippen MR) is 78.8 cm³/mol. The van der Waals surface area contributed by atoms with Gasteiger partial charge in [-0.15, -0.1) is 0 Å². The predicted octanol–water partition coefficient (Wildman–Crippen LogP) is 2.78. The number of nitrogens with zero attached hydrogens (tertiary/aromatic N) is 2. The Morgan fingerprint density at radius 1 is 1.21 bits per heavy atom. The second-order valence-electron chi connectivity index (χ2n) is 6.63. The van der Waals surface area contributed by atoms with Crippen molar-refractivity contribution in [3.63, 3.8) is 0 Å². The smallest absolute Gasteiger partial charge is 0.0672 e. The van der Waals surface area contributed by atoms with Gasteiger partial charge in [-0.3, -0.25) is 0 Å². The minimum atomic E-state index is 0.241. The van der Waals surface area contributed by atoms with Gasteiger partial charge in [-0.25, -0.2) is 0 Å². The van der Waals surface area contributed by atoms with E-state index in [1.54, 1.807) is 0 Å². The maximum atomic E-state index is 9.30. The highest BCUT2D eigenvalue weighted by atomic mass is 15.2. The molecule has 0 amide bonds. The van der Waals surface area contributed by atoms with Crippen LogP contribution in [0, 0.1) is 23.2 Å². The summed E-state index contributed by atoms with van der Waals surface area (Å²) in [5.41, 5.74) is 0. The number of hydrogen-bond acceptors (Lipinski definition) is 3. The van der Waals surface area contributed by atoms with Crippen LogP contribution in [0.5, 0.6) is 0 Å². The molecule has 0 bridgehead atoms. The van der Waals surface area contributed by atoms with Crippen LogP contribution in [0.1, 0.15) is 52.4 Å². The number of hydrogen-bond donors (Lipinski definition) is 1. The lowest BCUT2D eigenvalue weighted by molar-refractivity contribution is 0.260. The molecule has 0 aromatic heterocycles. The van der Waals surface area contributed by atoms with Crippen molar-refractivity contribution in [2.75, 3.05) is 19.6 Å². The Bertz CT molecular complexity index is 308. The maximum Gasteiger partial charge on any atom is 0.0672 e. The topological polar surface area (TPSA) is 39.1 Å². The molecule has 0 spiro atoms. The van der Waals surface area contributed by atoms with Crippen molar-refractivity contribution in [3.8, 4) is 6.07 Å². The monoisotopic (exact) mass is 263 g/mol. The van der Waals surface area contributed by atoms with E-state index in [0.717, 1.165) is 18.9 Å². The van der Waals surface area contributed by atoms with Crippen molar-refractivity contribution in [1.82, 2.24) is 10.2 Å². The Kier molecular flexibility index (Phi) is 5.66. The molecule has 0 aromatic carbocycles. The number of nitriles is 1. The average Bonchev–Trinajstić information content (AvgIpc) is 2.76. The van der Waals surface area contributed by atoms with Crippen LogP contribution < -0.4 is 5.32 Å². The average molecular weight is 263 g/mol. The molecule has 1 saturated carbocycles. The van der Waals surface area contributed by atoms with Gasteiger partial charge in [0, 0.05) is 18.6 Å². The summed E-state index contributed by atoms with van der Waals surface area (Å²) in [6.07, 6.45) is 7.44. The van der Waals surface area contributed by atoms with Crippen LogP contribution in [0.15, 0.2) is 0 Å². The molecule has 3 heteroatoms. The van der Waals surface area contributed by atoms with Crippen LogP contribution in [-0.4, -0.2) is 36.6 Å². The molecule has 19 heavy (non-hydrogen) atoms. The van der Waals surface area contributed by atoms with Gasteiger partial charge >= 0.3 is 0 Å². The summed E-state index contributed by atoms with van der Waals surface area (Å²) >= 11 is 0. The molecule has 2 rings (SSSR count). The van der Waals surface area contributed by atoms with Crippen LogP contribution in [0.4, 0.5) is 0 Å². The summed E-state index contributed by atoms with van der Waals surface area (Å²) < 4.78 is 0. The normalized spacial score (nSPS) is 33.3. The molecule has 1 N–H and O–H groups in total. The Labute approximate surface area is 118 Å². The highest BCUT2D eigenvalue weighted by Crippen LogP contribution is 2.24. The first kappa shape index (κ1) is 14.8. The van der Waals surface area contributed by atoms with Crippen molar-refractivity contribution < 1.29 is 0 Å². The quantitative estimate of drug-likeness (QED) is 0.793. The molecule has 0 aromatic rings. The number of likely N-dealkylation sites (tertiary alicyclic amines) is 1. The Morgan fingerprint density at radius 2 is 2.00 bits per heavy atom. The first-order valence-electron chi connectivity index (χ1n) is 8.07. The van der Waals surface area contributed by atoms with Crippen LogP contribution in [0.3, 0.4) is 0 Å². The molecule has 2 fully saturated rings. The number of rotatable bonds is 4. The molecule has 1 saturated heterocycles. The summed E-state index contributed by atoms with van der Waals surface area (Å²) in [5, 5.41) is 13.0. The summed E-state index contributed by atoms with van der Waals surface area (Å²) in [5.74, 6) is 1.02. The van der Waals surface area contributed by atoms with E-state index >= 15 is 0 Å². The standard InChI is InChI=1S/C16H29N3/c1-13(2)19-9-8-14(12-19)11-18-16-7-5-3-4-6-15(16)10-17/h13-16,18H,3-9,11-12H2,1-2H3. The van der Waals surface area contributed by atoms with E-state index in [0.29, 0.717) is 12.1 Å². The molecular formula is C16H29N3. The van der Waals surface area contributed by atoms with Gasteiger partial charge in [0.1, 0.15) is 0 Å². The lowest BCUT2D eigenvalue weighted by atomic mass is 9.95. The zero-order chi connectivity index (χ0) is 13.7. The Balaban J connectivity index is 1.76. The van der Waals surface area contributed by atoms with Gasteiger partial charge in [0.05, 0.1) is 12.0 Å². The highest BCUT2D eigenvalue weighted by Gasteiger charge is 2.27. The van der Waals surface area contributed by atoms with Crippen molar-refractivity contribution in [1.29, 1.82) is 5.26 Å². The highest BCUT2D eigenvalue weighted by molar-refractivity contribution is 4.94. The summed E-state index contributed by atoms with van der Waals surface area (Å²) in [4.78, 5) is 2.57. The van der Waals surface area contributed by atoms with Crippen LogP contribution in [-0.2, 0) is 0 Å². The lowest BCUT2D eigenvalue weighted by Gasteiger charge is -2.24. The molecule has 3 atom stereocenters. The number of nitrogens with one attached hydrogen (secondary N) is 1. The first-order valence-corrected chi connectivity index (χ1v) is 8.07. The molecule has 1 heterocycles. The van der Waals surface area contributed by atoms with Gasteiger partial charge in [0.25, 0.3) is 0 Å². The van der Waals surface area contributed by atoms with Crippen molar-refractivity contribution >= 4 is 0 Å². The van der Waals surface area contributed by atoms with Crippen LogP contribution >= 0.6 is 0 Å². The molecule has 3 nitrogen and oxygen atoms in total. The summed E-state index contributed by atoms with van der Waals surface area (Å²) in [6, 6.07) is 3.64. The zero-order valence-electron chi connectivity index (χ0n) is 12.6. The van der Waals surface area contributed by atoms with Crippen LogP contribution in [0.25, 0.3) is 0 Å². The third kappa shape index (κ3) is 4.19. The fourth-order valence-electron chi connectivity index (χ4n) is 3.52. The SMILES string of the molecule is CC(C)N1CCC(CNC2CCCCCC2C#N)C1. The van der Waals surface area contributed by atoms with Gasteiger partial charge in [-0.2, -0.15) is 5.26 Å². The van der Waals surface area contributed by atoms with Gasteiger partial charge in [0.15, 0.2) is 0 Å².